The first-order valence-electron chi connectivity index (χ1n) is 10.2. The highest BCUT2D eigenvalue weighted by Gasteiger charge is 2.16. The van der Waals surface area contributed by atoms with Crippen LogP contribution in [0.5, 0.6) is 0 Å². The number of halogens is 2. The molecule has 0 spiro atoms. The molecule has 8 bridgehead atoms. The maximum absolute atomic E-state index is 4.81. The highest BCUT2D eigenvalue weighted by atomic mass is 79.9. The second-order valence-corrected chi connectivity index (χ2v) is 9.14. The summed E-state index contributed by atoms with van der Waals surface area (Å²) in [5, 5.41) is 0. The summed E-state index contributed by atoms with van der Waals surface area (Å²) in [5.41, 5.74) is 9.81. The van der Waals surface area contributed by atoms with Gasteiger partial charge in [0.05, 0.1) is 54.4 Å². The molecule has 3 aromatic heterocycles. The van der Waals surface area contributed by atoms with Gasteiger partial charge < -0.3 is 4.98 Å². The van der Waals surface area contributed by atoms with E-state index in [0.29, 0.717) is 0 Å². The van der Waals surface area contributed by atoms with E-state index in [-0.39, 0.29) is 0 Å². The summed E-state index contributed by atoms with van der Waals surface area (Å²) in [6, 6.07) is 22.7. The van der Waals surface area contributed by atoms with Crippen LogP contribution in [0.15, 0.2) is 71.2 Å². The maximum atomic E-state index is 4.81. The monoisotopic (exact) mass is 542 g/mol. The number of rotatable bonds is 1. The van der Waals surface area contributed by atoms with Gasteiger partial charge in [-0.1, -0.05) is 30.3 Å². The van der Waals surface area contributed by atoms with Gasteiger partial charge in [0.2, 0.25) is 0 Å². The highest BCUT2D eigenvalue weighted by Crippen LogP contribution is 2.39. The Morgan fingerprint density at radius 3 is 1.78 bits per heavy atom. The molecule has 0 saturated heterocycles. The van der Waals surface area contributed by atoms with E-state index in [9.17, 15) is 0 Å². The molecule has 1 aromatic carbocycles. The van der Waals surface area contributed by atoms with Crippen LogP contribution in [0.4, 0.5) is 0 Å². The molecular formula is C26H16Br2N4. The minimum absolute atomic E-state index is 0.889. The highest BCUT2D eigenvalue weighted by molar-refractivity contribution is 9.11. The molecule has 4 nitrogen and oxygen atoms in total. The molecule has 0 saturated carbocycles. The average molecular weight is 544 g/mol. The molecule has 6 rings (SSSR count). The zero-order chi connectivity index (χ0) is 21.7. The lowest BCUT2D eigenvalue weighted by Crippen LogP contribution is -1.81. The molecule has 6 heteroatoms. The topological polar surface area (TPSA) is 46.5 Å². The molecule has 0 radical (unpaired) electrons. The van der Waals surface area contributed by atoms with Crippen molar-refractivity contribution < 1.29 is 0 Å². The van der Waals surface area contributed by atoms with E-state index in [1.54, 1.807) is 0 Å². The smallest absolute Gasteiger partial charge is 0.0696 e. The van der Waals surface area contributed by atoms with Crippen molar-refractivity contribution in [2.24, 2.45) is 0 Å². The van der Waals surface area contributed by atoms with Gasteiger partial charge in [0, 0.05) is 16.6 Å². The van der Waals surface area contributed by atoms with Crippen LogP contribution in [-0.2, 0) is 0 Å². The van der Waals surface area contributed by atoms with Gasteiger partial charge in [0.1, 0.15) is 0 Å². The first-order chi connectivity index (χ1) is 15.6. The Morgan fingerprint density at radius 1 is 0.656 bits per heavy atom. The number of hydrogen-bond acceptors (Lipinski definition) is 2. The van der Waals surface area contributed by atoms with Gasteiger partial charge in [0.25, 0.3) is 0 Å². The van der Waals surface area contributed by atoms with Crippen molar-refractivity contribution in [3.05, 3.63) is 94.0 Å². The first-order valence-corrected chi connectivity index (χ1v) is 11.7. The maximum Gasteiger partial charge on any atom is 0.0696 e. The normalized spacial score (nSPS) is 12.4. The molecule has 4 aromatic rings. The van der Waals surface area contributed by atoms with E-state index < -0.39 is 0 Å². The van der Waals surface area contributed by atoms with Gasteiger partial charge in [-0.05, 0) is 82.2 Å². The molecule has 2 aliphatic rings. The molecule has 0 amide bonds. The second-order valence-electron chi connectivity index (χ2n) is 7.64. The van der Waals surface area contributed by atoms with Gasteiger partial charge in [0.15, 0.2) is 0 Å². The predicted molar refractivity (Wildman–Crippen MR) is 140 cm³/mol. The van der Waals surface area contributed by atoms with E-state index in [1.165, 1.54) is 0 Å². The summed E-state index contributed by atoms with van der Waals surface area (Å²) in [4.78, 5) is 13.0. The van der Waals surface area contributed by atoms with Crippen LogP contribution in [0.25, 0.3) is 57.5 Å². The standard InChI is InChI=1S/C26H16Br2N4/c27-26-24-15-22-11-9-20(31-22)13-18-7-6-17(29-18)12-19-8-10-21(30-19)14-23(32(24)28)25(26)16-4-2-1-3-5-16/h1-15,29H. The van der Waals surface area contributed by atoms with E-state index in [1.807, 2.05) is 46.1 Å². The fourth-order valence-corrected chi connectivity index (χ4v) is 5.51. The third-order valence-corrected chi connectivity index (χ3v) is 7.03. The number of nitrogens with zero attached hydrogens (tertiary/aromatic N) is 3. The van der Waals surface area contributed by atoms with Crippen molar-refractivity contribution in [2.75, 3.05) is 0 Å². The Balaban J connectivity index is 1.76. The molecule has 0 aliphatic carbocycles. The summed E-state index contributed by atoms with van der Waals surface area (Å²) >= 11 is 7.65. The van der Waals surface area contributed by atoms with Crippen molar-refractivity contribution in [1.82, 2.24) is 18.5 Å². The number of H-pyrrole nitrogens is 1. The number of nitrogens with one attached hydrogen (secondary N) is 1. The van der Waals surface area contributed by atoms with Crippen LogP contribution in [-0.4, -0.2) is 18.5 Å². The zero-order valence-electron chi connectivity index (χ0n) is 16.8. The summed E-state index contributed by atoms with van der Waals surface area (Å²) < 4.78 is 3.01. The van der Waals surface area contributed by atoms with Crippen LogP contribution >= 0.6 is 32.1 Å². The number of aromatic nitrogens is 4. The lowest BCUT2D eigenvalue weighted by molar-refractivity contribution is 1.31. The number of fused-ring (bicyclic) bond motifs is 8. The minimum atomic E-state index is 0.889. The molecule has 0 unspecified atom stereocenters. The molecule has 154 valence electrons. The van der Waals surface area contributed by atoms with Crippen LogP contribution < -0.4 is 0 Å². The van der Waals surface area contributed by atoms with E-state index >= 15 is 0 Å². The lowest BCUT2D eigenvalue weighted by Gasteiger charge is -2.00. The molecule has 1 N–H and O–H groups in total. The Kier molecular flexibility index (Phi) is 4.70. The Morgan fingerprint density at radius 2 is 1.19 bits per heavy atom. The Labute approximate surface area is 201 Å². The van der Waals surface area contributed by atoms with Gasteiger partial charge in [-0.3, -0.25) is 3.59 Å². The van der Waals surface area contributed by atoms with E-state index in [0.717, 1.165) is 60.4 Å². The zero-order valence-corrected chi connectivity index (χ0v) is 19.9. The number of benzene rings is 1. The van der Waals surface area contributed by atoms with Crippen molar-refractivity contribution in [3.63, 3.8) is 0 Å². The van der Waals surface area contributed by atoms with Gasteiger partial charge >= 0.3 is 0 Å². The Hall–Kier alpha value is -3.22. The fourth-order valence-electron chi connectivity index (χ4n) is 3.99. The third kappa shape index (κ3) is 3.45. The van der Waals surface area contributed by atoms with Crippen LogP contribution in [0.2, 0.25) is 0 Å². The first kappa shape index (κ1) is 19.5. The summed E-state index contributed by atoms with van der Waals surface area (Å²) in [7, 11) is 0. The molecule has 2 aliphatic heterocycles. The van der Waals surface area contributed by atoms with Crippen molar-refractivity contribution in [1.29, 1.82) is 0 Å². The fraction of sp³-hybridized carbons (Fsp3) is 0. The Bertz CT molecular complexity index is 1590. The molecule has 32 heavy (non-hydrogen) atoms. The quantitative estimate of drug-likeness (QED) is 0.231. The SMILES string of the molecule is Brc1c(-c2ccccc2)c2cc3nc(cc4ccc(cc5nc(cc1n2Br)C=C5)[nH]4)C=C3. The number of hydrogen-bond donors (Lipinski definition) is 1. The predicted octanol–water partition coefficient (Wildman–Crippen LogP) is 7.72. The minimum Gasteiger partial charge on any atom is -0.355 e. The van der Waals surface area contributed by atoms with Crippen LogP contribution in [0.3, 0.4) is 0 Å². The molecule has 0 fully saturated rings. The van der Waals surface area contributed by atoms with Crippen molar-refractivity contribution in [2.45, 2.75) is 0 Å². The van der Waals surface area contributed by atoms with Crippen LogP contribution in [0.1, 0.15) is 22.8 Å². The van der Waals surface area contributed by atoms with Crippen LogP contribution in [0, 0.1) is 0 Å². The summed E-state index contributed by atoms with van der Waals surface area (Å²) in [6.45, 7) is 0. The molecule has 0 atom stereocenters. The van der Waals surface area contributed by atoms with Gasteiger partial charge in [-0.2, -0.15) is 0 Å². The average Bonchev–Trinajstić information content (AvgIpc) is 3.57. The second kappa shape index (κ2) is 7.73. The van der Waals surface area contributed by atoms with Gasteiger partial charge in [-0.25, -0.2) is 9.97 Å². The third-order valence-electron chi connectivity index (χ3n) is 5.46. The van der Waals surface area contributed by atoms with Gasteiger partial charge in [-0.15, -0.1) is 0 Å². The van der Waals surface area contributed by atoms with Crippen molar-refractivity contribution >= 4 is 78.4 Å². The molecule has 5 heterocycles. The summed E-state index contributed by atoms with van der Waals surface area (Å²) in [5.74, 6) is 0. The largest absolute Gasteiger partial charge is 0.355 e. The van der Waals surface area contributed by atoms with E-state index in [4.69, 9.17) is 9.97 Å². The summed E-state index contributed by atoms with van der Waals surface area (Å²) in [6.07, 6.45) is 8.13. The van der Waals surface area contributed by atoms with E-state index in [2.05, 4.69) is 85.6 Å². The lowest BCUT2D eigenvalue weighted by atomic mass is 10.1. The van der Waals surface area contributed by atoms with Crippen molar-refractivity contribution in [3.8, 4) is 11.1 Å². The number of aromatic amines is 1. The molecular weight excluding hydrogens is 528 g/mol.